The Labute approximate surface area is 119 Å². The molecule has 1 aliphatic rings. The number of hydroxylamine groups is 2. The number of halogens is 1. The molecule has 1 aromatic carbocycles. The first-order valence-electron chi connectivity index (χ1n) is 5.73. The van der Waals surface area contributed by atoms with Gasteiger partial charge in [0.25, 0.3) is 5.91 Å². The average Bonchev–Trinajstić information content (AvgIpc) is 2.69. The van der Waals surface area contributed by atoms with Gasteiger partial charge in [0.1, 0.15) is 5.75 Å². The minimum atomic E-state index is -5.12. The Morgan fingerprint density at radius 1 is 1.24 bits per heavy atom. The van der Waals surface area contributed by atoms with Crippen molar-refractivity contribution in [3.05, 3.63) is 42.1 Å². The average molecular weight is 315 g/mol. The number of hydrogen-bond donors (Lipinski definition) is 0. The van der Waals surface area contributed by atoms with Crippen molar-refractivity contribution in [2.75, 3.05) is 0 Å². The highest BCUT2D eigenvalue weighted by Gasteiger charge is 2.28. The van der Waals surface area contributed by atoms with Crippen molar-refractivity contribution in [3.63, 3.8) is 0 Å². The van der Waals surface area contributed by atoms with Crippen molar-refractivity contribution < 1.29 is 30.9 Å². The van der Waals surface area contributed by atoms with E-state index in [1.54, 1.807) is 0 Å². The minimum Gasteiger partial charge on any atom is -0.358 e. The molecule has 0 saturated carbocycles. The lowest BCUT2D eigenvalue weighted by Gasteiger charge is -2.15. The van der Waals surface area contributed by atoms with Gasteiger partial charge in [-0.25, -0.2) is 4.79 Å². The molecule has 2 rings (SSSR count). The number of allylic oxidation sites excluding steroid dienone is 1. The second-order valence-electron chi connectivity index (χ2n) is 4.13. The number of hydrogen-bond acceptors (Lipinski definition) is 6. The molecule has 112 valence electrons. The van der Waals surface area contributed by atoms with Crippen LogP contribution in [0.5, 0.6) is 5.75 Å². The second kappa shape index (κ2) is 5.52. The SMILES string of the molecule is C=C1CCC(=O)N1OC(=O)c1ccc(OS(=O)(=O)F)cc1. The van der Waals surface area contributed by atoms with Crippen molar-refractivity contribution in [3.8, 4) is 5.75 Å². The molecule has 1 heterocycles. The fourth-order valence-electron chi connectivity index (χ4n) is 1.64. The predicted octanol–water partition coefficient (Wildman–Crippen LogP) is 1.49. The summed E-state index contributed by atoms with van der Waals surface area (Å²) in [5.41, 5.74) is 0.405. The summed E-state index contributed by atoms with van der Waals surface area (Å²) in [6, 6.07) is 4.50. The zero-order chi connectivity index (χ0) is 15.6. The van der Waals surface area contributed by atoms with E-state index in [9.17, 15) is 21.9 Å². The van der Waals surface area contributed by atoms with Gasteiger partial charge in [-0.1, -0.05) is 10.5 Å². The van der Waals surface area contributed by atoms with E-state index in [0.717, 1.165) is 17.2 Å². The van der Waals surface area contributed by atoms with Gasteiger partial charge in [0, 0.05) is 6.42 Å². The smallest absolute Gasteiger partial charge is 0.358 e. The van der Waals surface area contributed by atoms with Crippen LogP contribution in [0.1, 0.15) is 23.2 Å². The maximum atomic E-state index is 12.3. The van der Waals surface area contributed by atoms with Crippen molar-refractivity contribution in [2.45, 2.75) is 12.8 Å². The van der Waals surface area contributed by atoms with Gasteiger partial charge in [-0.3, -0.25) is 4.79 Å². The number of benzene rings is 1. The van der Waals surface area contributed by atoms with Gasteiger partial charge < -0.3 is 9.02 Å². The van der Waals surface area contributed by atoms with Crippen LogP contribution in [-0.2, 0) is 20.1 Å². The molecule has 21 heavy (non-hydrogen) atoms. The molecule has 1 saturated heterocycles. The molecule has 0 aromatic heterocycles. The van der Waals surface area contributed by atoms with Gasteiger partial charge in [-0.05, 0) is 30.7 Å². The molecule has 1 fully saturated rings. The van der Waals surface area contributed by atoms with E-state index < -0.39 is 16.5 Å². The van der Waals surface area contributed by atoms with Crippen LogP contribution in [0.4, 0.5) is 3.89 Å². The summed E-state index contributed by atoms with van der Waals surface area (Å²) in [5, 5.41) is 0.818. The summed E-state index contributed by atoms with van der Waals surface area (Å²) >= 11 is 0. The minimum absolute atomic E-state index is 0.0334. The third kappa shape index (κ3) is 3.78. The van der Waals surface area contributed by atoms with E-state index in [1.807, 2.05) is 0 Å². The van der Waals surface area contributed by atoms with E-state index in [1.165, 1.54) is 12.1 Å². The van der Waals surface area contributed by atoms with Gasteiger partial charge >= 0.3 is 16.5 Å². The van der Waals surface area contributed by atoms with Crippen molar-refractivity contribution in [1.29, 1.82) is 0 Å². The molecule has 1 amide bonds. The fourth-order valence-corrected chi connectivity index (χ4v) is 1.98. The van der Waals surface area contributed by atoms with Gasteiger partial charge in [0.15, 0.2) is 0 Å². The summed E-state index contributed by atoms with van der Waals surface area (Å²) < 4.78 is 36.8. The molecular weight excluding hydrogens is 305 g/mol. The van der Waals surface area contributed by atoms with Crippen LogP contribution >= 0.6 is 0 Å². The van der Waals surface area contributed by atoms with Crippen LogP contribution in [0, 0.1) is 0 Å². The third-order valence-corrected chi connectivity index (χ3v) is 2.99. The summed E-state index contributed by atoms with van der Waals surface area (Å²) in [4.78, 5) is 28.1. The highest BCUT2D eigenvalue weighted by Crippen LogP contribution is 2.22. The molecule has 0 aliphatic carbocycles. The molecule has 0 radical (unpaired) electrons. The summed E-state index contributed by atoms with van der Waals surface area (Å²) in [6.45, 7) is 3.59. The fraction of sp³-hybridized carbons (Fsp3) is 0.167. The number of nitrogens with zero attached hydrogens (tertiary/aromatic N) is 1. The maximum absolute atomic E-state index is 12.3. The first-order chi connectivity index (χ1) is 9.76. The Balaban J connectivity index is 2.06. The van der Waals surface area contributed by atoms with E-state index >= 15 is 0 Å². The van der Waals surface area contributed by atoms with Crippen LogP contribution in [0.2, 0.25) is 0 Å². The third-order valence-electron chi connectivity index (χ3n) is 2.60. The molecule has 0 N–H and O–H groups in total. The van der Waals surface area contributed by atoms with Crippen LogP contribution < -0.4 is 4.18 Å². The largest absolute Gasteiger partial charge is 0.488 e. The lowest BCUT2D eigenvalue weighted by Crippen LogP contribution is -2.26. The summed E-state index contributed by atoms with van der Waals surface area (Å²) in [6.07, 6.45) is 0.625. The highest BCUT2D eigenvalue weighted by molar-refractivity contribution is 7.81. The first kappa shape index (κ1) is 15.0. The molecule has 7 nitrogen and oxygen atoms in total. The molecule has 0 spiro atoms. The summed E-state index contributed by atoms with van der Waals surface area (Å²) in [5.74, 6) is -1.51. The molecule has 9 heteroatoms. The molecular formula is C12H10FNO6S. The quantitative estimate of drug-likeness (QED) is 0.782. The van der Waals surface area contributed by atoms with E-state index in [0.29, 0.717) is 12.1 Å². The Hall–Kier alpha value is -2.42. The highest BCUT2D eigenvalue weighted by atomic mass is 32.3. The van der Waals surface area contributed by atoms with Crippen LogP contribution in [0.15, 0.2) is 36.5 Å². The monoisotopic (exact) mass is 315 g/mol. The molecule has 0 atom stereocenters. The zero-order valence-corrected chi connectivity index (χ0v) is 11.4. The maximum Gasteiger partial charge on any atom is 0.488 e. The van der Waals surface area contributed by atoms with Gasteiger partial charge in [0.2, 0.25) is 0 Å². The Morgan fingerprint density at radius 3 is 2.33 bits per heavy atom. The van der Waals surface area contributed by atoms with Gasteiger partial charge in [-0.15, -0.1) is 5.06 Å². The molecule has 1 aliphatic heterocycles. The number of amides is 1. The van der Waals surface area contributed by atoms with Crippen LogP contribution in [0.3, 0.4) is 0 Å². The molecule has 0 bridgehead atoms. The number of carbonyl (C=O) groups is 2. The molecule has 0 unspecified atom stereocenters. The number of rotatable bonds is 4. The molecule has 1 aromatic rings. The number of carbonyl (C=O) groups excluding carboxylic acids is 2. The van der Waals surface area contributed by atoms with Gasteiger partial charge in [-0.2, -0.15) is 8.42 Å². The Morgan fingerprint density at radius 2 is 1.86 bits per heavy atom. The van der Waals surface area contributed by atoms with E-state index in [2.05, 4.69) is 10.8 Å². The van der Waals surface area contributed by atoms with Crippen LogP contribution in [-0.4, -0.2) is 25.4 Å². The predicted molar refractivity (Wildman–Crippen MR) is 67.7 cm³/mol. The zero-order valence-electron chi connectivity index (χ0n) is 10.6. The van der Waals surface area contributed by atoms with Crippen molar-refractivity contribution in [2.24, 2.45) is 0 Å². The second-order valence-corrected chi connectivity index (χ2v) is 5.09. The lowest BCUT2D eigenvalue weighted by atomic mass is 10.2. The topological polar surface area (TPSA) is 90.0 Å². The standard InChI is InChI=1S/C12H10FNO6S/c1-8-2-7-11(15)14(8)19-12(16)9-3-5-10(6-4-9)20-21(13,17)18/h3-6H,1-2,7H2. The Kier molecular flexibility index (Phi) is 3.94. The van der Waals surface area contributed by atoms with E-state index in [4.69, 9.17) is 4.84 Å². The van der Waals surface area contributed by atoms with Crippen molar-refractivity contribution in [1.82, 2.24) is 5.06 Å². The Bertz CT molecular complexity index is 681. The van der Waals surface area contributed by atoms with Gasteiger partial charge in [0.05, 0.1) is 11.3 Å². The summed E-state index contributed by atoms with van der Waals surface area (Å²) in [7, 11) is -5.12. The normalized spacial score (nSPS) is 15.2. The first-order valence-corrected chi connectivity index (χ1v) is 7.04. The van der Waals surface area contributed by atoms with Crippen LogP contribution in [0.25, 0.3) is 0 Å². The lowest BCUT2D eigenvalue weighted by molar-refractivity contribution is -0.153. The van der Waals surface area contributed by atoms with Crippen molar-refractivity contribution >= 4 is 22.4 Å². The van der Waals surface area contributed by atoms with E-state index in [-0.39, 0.29) is 23.6 Å².